The van der Waals surface area contributed by atoms with Crippen LogP contribution in [0.4, 0.5) is 13.2 Å². The van der Waals surface area contributed by atoms with Crippen molar-refractivity contribution in [3.63, 3.8) is 0 Å². The maximum absolute atomic E-state index is 12.4. The minimum atomic E-state index is -4.71. The molecule has 4 nitrogen and oxygen atoms in total. The van der Waals surface area contributed by atoms with Crippen LogP contribution >= 0.6 is 24.8 Å². The number of ether oxygens (including phenoxy) is 1. The van der Waals surface area contributed by atoms with Crippen molar-refractivity contribution in [2.75, 3.05) is 26.2 Å². The monoisotopic (exact) mass is 438 g/mol. The fourth-order valence-corrected chi connectivity index (χ4v) is 3.27. The molecule has 2 aromatic rings. The van der Waals surface area contributed by atoms with E-state index in [4.69, 9.17) is 0 Å². The van der Waals surface area contributed by atoms with E-state index in [0.717, 1.165) is 42.9 Å². The molecule has 0 spiro atoms. The lowest BCUT2D eigenvalue weighted by atomic mass is 9.94. The van der Waals surface area contributed by atoms with E-state index in [0.29, 0.717) is 0 Å². The number of phenols is 1. The van der Waals surface area contributed by atoms with Gasteiger partial charge < -0.3 is 15.2 Å². The van der Waals surface area contributed by atoms with Gasteiger partial charge in [-0.2, -0.15) is 0 Å². The predicted molar refractivity (Wildman–Crippen MR) is 107 cm³/mol. The van der Waals surface area contributed by atoms with E-state index in [1.54, 1.807) is 18.2 Å². The fraction of sp³-hybridized carbons (Fsp3) is 0.368. The van der Waals surface area contributed by atoms with Crippen LogP contribution in [0.15, 0.2) is 42.5 Å². The number of nitrogens with zero attached hydrogens (tertiary/aromatic N) is 1. The van der Waals surface area contributed by atoms with Gasteiger partial charge in [0.1, 0.15) is 11.5 Å². The third-order valence-corrected chi connectivity index (χ3v) is 4.42. The third kappa shape index (κ3) is 6.17. The molecule has 2 aromatic carbocycles. The SMILES string of the molecule is Cc1ccc(O)c([C@@H](c2ccc(OC(F)(F)F)cc2)N2CCNCC2)c1.Cl.Cl. The second-order valence-corrected chi connectivity index (χ2v) is 6.37. The Morgan fingerprint density at radius 1 is 1.04 bits per heavy atom. The zero-order valence-electron chi connectivity index (χ0n) is 15.2. The van der Waals surface area contributed by atoms with Gasteiger partial charge in [-0.15, -0.1) is 38.0 Å². The number of hydrogen-bond acceptors (Lipinski definition) is 4. The number of alkyl halides is 3. The lowest BCUT2D eigenvalue weighted by Gasteiger charge is -2.36. The maximum Gasteiger partial charge on any atom is 0.573 e. The summed E-state index contributed by atoms with van der Waals surface area (Å²) < 4.78 is 41.1. The molecule has 1 saturated heterocycles. The average Bonchev–Trinajstić information content (AvgIpc) is 2.59. The highest BCUT2D eigenvalue weighted by atomic mass is 35.5. The van der Waals surface area contributed by atoms with E-state index < -0.39 is 6.36 Å². The van der Waals surface area contributed by atoms with Gasteiger partial charge in [0.2, 0.25) is 0 Å². The Morgan fingerprint density at radius 2 is 1.64 bits per heavy atom. The molecule has 1 fully saturated rings. The predicted octanol–water partition coefficient (Wildman–Crippen LogP) is 4.44. The number of nitrogens with one attached hydrogen (secondary N) is 1. The number of piperazine rings is 1. The lowest BCUT2D eigenvalue weighted by molar-refractivity contribution is -0.274. The number of halogens is 5. The van der Waals surface area contributed by atoms with Crippen molar-refractivity contribution in [2.45, 2.75) is 19.3 Å². The number of benzene rings is 2. The summed E-state index contributed by atoms with van der Waals surface area (Å²) >= 11 is 0. The molecule has 2 N–H and O–H groups in total. The minimum Gasteiger partial charge on any atom is -0.508 e. The van der Waals surface area contributed by atoms with Gasteiger partial charge in [0.25, 0.3) is 0 Å². The zero-order valence-corrected chi connectivity index (χ0v) is 16.8. The summed E-state index contributed by atoms with van der Waals surface area (Å²) in [6.45, 7) is 5.13. The van der Waals surface area contributed by atoms with Gasteiger partial charge in [0.05, 0.1) is 6.04 Å². The first-order valence-electron chi connectivity index (χ1n) is 8.43. The highest BCUT2D eigenvalue weighted by Crippen LogP contribution is 2.36. The van der Waals surface area contributed by atoms with E-state index in [1.165, 1.54) is 12.1 Å². The highest BCUT2D eigenvalue weighted by Gasteiger charge is 2.31. The number of rotatable bonds is 4. The van der Waals surface area contributed by atoms with E-state index in [-0.39, 0.29) is 42.4 Å². The highest BCUT2D eigenvalue weighted by molar-refractivity contribution is 5.85. The van der Waals surface area contributed by atoms with Crippen molar-refractivity contribution in [1.29, 1.82) is 0 Å². The molecule has 0 unspecified atom stereocenters. The summed E-state index contributed by atoms with van der Waals surface area (Å²) in [5, 5.41) is 13.7. The fourth-order valence-electron chi connectivity index (χ4n) is 3.27. The van der Waals surface area contributed by atoms with Gasteiger partial charge in [0.15, 0.2) is 0 Å². The molecule has 0 amide bonds. The minimum absolute atomic E-state index is 0. The van der Waals surface area contributed by atoms with Crippen molar-refractivity contribution < 1.29 is 23.0 Å². The van der Waals surface area contributed by atoms with E-state index in [2.05, 4.69) is 15.0 Å². The number of aromatic hydroxyl groups is 1. The van der Waals surface area contributed by atoms with Gasteiger partial charge in [0, 0.05) is 31.7 Å². The first-order valence-corrected chi connectivity index (χ1v) is 8.43. The molecule has 0 radical (unpaired) electrons. The maximum atomic E-state index is 12.4. The standard InChI is InChI=1S/C19H21F3N2O2.2ClH/c1-13-2-7-17(25)16(12-13)18(24-10-8-23-9-11-24)14-3-5-15(6-4-14)26-19(20,21)22;;/h2-7,12,18,23,25H,8-11H2,1H3;2*1H/t18-;;/m1../s1. The lowest BCUT2D eigenvalue weighted by Crippen LogP contribution is -2.45. The molecule has 9 heteroatoms. The molecule has 0 aliphatic carbocycles. The summed E-state index contributed by atoms with van der Waals surface area (Å²) in [6, 6.07) is 11.0. The van der Waals surface area contributed by atoms with Crippen molar-refractivity contribution in [3.05, 3.63) is 59.2 Å². The first-order chi connectivity index (χ1) is 12.3. The van der Waals surface area contributed by atoms with E-state index in [1.807, 2.05) is 19.1 Å². The van der Waals surface area contributed by atoms with Crippen LogP contribution in [-0.2, 0) is 0 Å². The summed E-state index contributed by atoms with van der Waals surface area (Å²) in [6.07, 6.45) is -4.71. The van der Waals surface area contributed by atoms with Crippen LogP contribution in [0.1, 0.15) is 22.7 Å². The van der Waals surface area contributed by atoms with Crippen molar-refractivity contribution in [3.8, 4) is 11.5 Å². The van der Waals surface area contributed by atoms with Gasteiger partial charge >= 0.3 is 6.36 Å². The summed E-state index contributed by atoms with van der Waals surface area (Å²) in [5.41, 5.74) is 2.56. The van der Waals surface area contributed by atoms with E-state index in [9.17, 15) is 18.3 Å². The Hall–Kier alpha value is -1.67. The topological polar surface area (TPSA) is 44.7 Å². The van der Waals surface area contributed by atoms with Crippen LogP contribution in [0.3, 0.4) is 0 Å². The van der Waals surface area contributed by atoms with Crippen molar-refractivity contribution >= 4 is 24.8 Å². The molecule has 1 atom stereocenters. The normalized spacial score (nSPS) is 15.9. The third-order valence-electron chi connectivity index (χ3n) is 4.42. The molecule has 0 bridgehead atoms. The molecule has 1 heterocycles. The van der Waals surface area contributed by atoms with Crippen LogP contribution in [0.2, 0.25) is 0 Å². The Labute approximate surface area is 174 Å². The number of phenolic OH excluding ortho intramolecular Hbond substituents is 1. The van der Waals surface area contributed by atoms with Crippen molar-refractivity contribution in [1.82, 2.24) is 10.2 Å². The summed E-state index contributed by atoms with van der Waals surface area (Å²) in [4.78, 5) is 2.21. The summed E-state index contributed by atoms with van der Waals surface area (Å²) in [5.74, 6) is -0.0801. The van der Waals surface area contributed by atoms with Gasteiger partial charge in [-0.3, -0.25) is 4.90 Å². The Kier molecular flexibility index (Phi) is 8.88. The molecule has 156 valence electrons. The van der Waals surface area contributed by atoms with Crippen LogP contribution < -0.4 is 10.1 Å². The molecular weight excluding hydrogens is 416 g/mol. The van der Waals surface area contributed by atoms with E-state index >= 15 is 0 Å². The first kappa shape index (κ1) is 24.4. The van der Waals surface area contributed by atoms with Crippen LogP contribution in [0.25, 0.3) is 0 Å². The van der Waals surface area contributed by atoms with Gasteiger partial charge in [-0.05, 0) is 30.7 Å². The number of hydrogen-bond donors (Lipinski definition) is 2. The molecule has 3 rings (SSSR count). The van der Waals surface area contributed by atoms with Crippen LogP contribution in [0, 0.1) is 6.92 Å². The van der Waals surface area contributed by atoms with Crippen LogP contribution in [0.5, 0.6) is 11.5 Å². The quantitative estimate of drug-likeness (QED) is 0.740. The average molecular weight is 439 g/mol. The molecule has 0 saturated carbocycles. The number of aryl methyl sites for hydroxylation is 1. The summed E-state index contributed by atoms with van der Waals surface area (Å²) in [7, 11) is 0. The smallest absolute Gasteiger partial charge is 0.508 e. The Balaban J connectivity index is 0.00000196. The Bertz CT molecular complexity index is 752. The Morgan fingerprint density at radius 3 is 2.21 bits per heavy atom. The molecule has 1 aliphatic heterocycles. The van der Waals surface area contributed by atoms with Crippen LogP contribution in [-0.4, -0.2) is 42.5 Å². The second-order valence-electron chi connectivity index (χ2n) is 6.37. The van der Waals surface area contributed by atoms with Crippen molar-refractivity contribution in [2.24, 2.45) is 0 Å². The molecular formula is C19H23Cl2F3N2O2. The largest absolute Gasteiger partial charge is 0.573 e. The second kappa shape index (κ2) is 10.2. The molecule has 28 heavy (non-hydrogen) atoms. The van der Waals surface area contributed by atoms with Gasteiger partial charge in [-0.1, -0.05) is 29.8 Å². The zero-order chi connectivity index (χ0) is 18.7. The molecule has 0 aromatic heterocycles. The van der Waals surface area contributed by atoms with Gasteiger partial charge in [-0.25, -0.2) is 0 Å². The molecule has 1 aliphatic rings.